The molecule has 1 aliphatic rings. The number of nitrogens with zero attached hydrogens (tertiary/aromatic N) is 2. The molecule has 1 unspecified atom stereocenters. The molecule has 0 bridgehead atoms. The number of aliphatic hydroxyl groups is 1. The molecule has 1 heterocycles. The number of ketones is 1. The van der Waals surface area contributed by atoms with Crippen molar-refractivity contribution in [3.8, 4) is 11.5 Å². The van der Waals surface area contributed by atoms with Crippen molar-refractivity contribution in [2.24, 2.45) is 0 Å². The second kappa shape index (κ2) is 10.7. The SMILES string of the molecule is COC(=O)c1cccc(N2C(=O)C(=O)/C(=C(/O)c3cc(OC)ccc3OC)C2c2ccc(N(C)C)cc2)c1. The van der Waals surface area contributed by atoms with Crippen molar-refractivity contribution in [2.45, 2.75) is 6.04 Å². The molecule has 9 heteroatoms. The van der Waals surface area contributed by atoms with Crippen molar-refractivity contribution in [2.75, 3.05) is 45.2 Å². The van der Waals surface area contributed by atoms with E-state index in [0.717, 1.165) is 5.69 Å². The Morgan fingerprint density at radius 1 is 0.921 bits per heavy atom. The van der Waals surface area contributed by atoms with Crippen molar-refractivity contribution in [1.82, 2.24) is 0 Å². The van der Waals surface area contributed by atoms with E-state index in [-0.39, 0.29) is 16.7 Å². The van der Waals surface area contributed by atoms with Crippen LogP contribution in [-0.4, -0.2) is 58.2 Å². The average Bonchev–Trinajstić information content (AvgIpc) is 3.21. The molecule has 9 nitrogen and oxygen atoms in total. The van der Waals surface area contributed by atoms with Crippen LogP contribution in [0.2, 0.25) is 0 Å². The maximum Gasteiger partial charge on any atom is 0.337 e. The first-order chi connectivity index (χ1) is 18.2. The average molecular weight is 517 g/mol. The highest BCUT2D eigenvalue weighted by atomic mass is 16.5. The van der Waals surface area contributed by atoms with Gasteiger partial charge in [0.2, 0.25) is 0 Å². The molecule has 1 N–H and O–H groups in total. The predicted octanol–water partition coefficient (Wildman–Crippen LogP) is 4.18. The van der Waals surface area contributed by atoms with E-state index in [0.29, 0.717) is 22.7 Å². The quantitative estimate of drug-likeness (QED) is 0.216. The Kier molecular flexibility index (Phi) is 7.38. The number of anilines is 2. The van der Waals surface area contributed by atoms with Crippen molar-refractivity contribution in [3.05, 3.63) is 89.0 Å². The lowest BCUT2D eigenvalue weighted by atomic mass is 9.94. The fourth-order valence-corrected chi connectivity index (χ4v) is 4.41. The highest BCUT2D eigenvalue weighted by Crippen LogP contribution is 2.44. The number of Topliss-reactive ketones (excluding diaryl/α,β-unsaturated/α-hetero) is 1. The van der Waals surface area contributed by atoms with E-state index in [4.69, 9.17) is 14.2 Å². The largest absolute Gasteiger partial charge is 0.507 e. The Morgan fingerprint density at radius 3 is 2.24 bits per heavy atom. The summed E-state index contributed by atoms with van der Waals surface area (Å²) in [5.41, 5.74) is 2.08. The zero-order valence-corrected chi connectivity index (χ0v) is 21.7. The summed E-state index contributed by atoms with van der Waals surface area (Å²) >= 11 is 0. The van der Waals surface area contributed by atoms with Crippen molar-refractivity contribution in [1.29, 1.82) is 0 Å². The van der Waals surface area contributed by atoms with Crippen LogP contribution in [0.3, 0.4) is 0 Å². The Balaban J connectivity index is 1.97. The zero-order valence-electron chi connectivity index (χ0n) is 21.7. The molecule has 1 amide bonds. The summed E-state index contributed by atoms with van der Waals surface area (Å²) in [5, 5.41) is 11.5. The van der Waals surface area contributed by atoms with Crippen LogP contribution in [-0.2, 0) is 14.3 Å². The van der Waals surface area contributed by atoms with Crippen LogP contribution in [0, 0.1) is 0 Å². The summed E-state index contributed by atoms with van der Waals surface area (Å²) < 4.78 is 15.5. The molecule has 1 fully saturated rings. The lowest BCUT2D eigenvalue weighted by Crippen LogP contribution is -2.29. The zero-order chi connectivity index (χ0) is 27.6. The van der Waals surface area contributed by atoms with E-state index in [9.17, 15) is 19.5 Å². The Morgan fingerprint density at radius 2 is 1.63 bits per heavy atom. The third-order valence-electron chi connectivity index (χ3n) is 6.38. The molecule has 1 aliphatic heterocycles. The van der Waals surface area contributed by atoms with Gasteiger partial charge in [-0.1, -0.05) is 18.2 Å². The van der Waals surface area contributed by atoms with Crippen molar-refractivity contribution in [3.63, 3.8) is 0 Å². The minimum Gasteiger partial charge on any atom is -0.507 e. The van der Waals surface area contributed by atoms with Crippen molar-refractivity contribution < 1.29 is 33.7 Å². The number of rotatable bonds is 7. The van der Waals surface area contributed by atoms with Gasteiger partial charge >= 0.3 is 5.97 Å². The van der Waals surface area contributed by atoms with Crippen LogP contribution in [0.4, 0.5) is 11.4 Å². The minimum atomic E-state index is -0.991. The first kappa shape index (κ1) is 26.3. The monoisotopic (exact) mass is 516 g/mol. The second-order valence-electron chi connectivity index (χ2n) is 8.76. The van der Waals surface area contributed by atoms with Crippen LogP contribution in [0.1, 0.15) is 27.5 Å². The van der Waals surface area contributed by atoms with Gasteiger partial charge in [-0.25, -0.2) is 4.79 Å². The Bertz CT molecular complexity index is 1430. The summed E-state index contributed by atoms with van der Waals surface area (Å²) in [7, 11) is 7.97. The number of hydrogen-bond donors (Lipinski definition) is 1. The van der Waals surface area contributed by atoms with Gasteiger partial charge in [0.1, 0.15) is 17.3 Å². The van der Waals surface area contributed by atoms with Crippen LogP contribution in [0.15, 0.2) is 72.3 Å². The first-order valence-electron chi connectivity index (χ1n) is 11.7. The topological polar surface area (TPSA) is 106 Å². The van der Waals surface area contributed by atoms with Gasteiger partial charge in [0, 0.05) is 25.5 Å². The van der Waals surface area contributed by atoms with E-state index < -0.39 is 29.5 Å². The van der Waals surface area contributed by atoms with Gasteiger partial charge in [-0.05, 0) is 54.1 Å². The summed E-state index contributed by atoms with van der Waals surface area (Å²) in [5.74, 6) is -2.00. The summed E-state index contributed by atoms with van der Waals surface area (Å²) in [6.07, 6.45) is 0. The molecule has 0 radical (unpaired) electrons. The normalized spacial score (nSPS) is 16.3. The molecule has 3 aromatic rings. The number of methoxy groups -OCH3 is 3. The number of aliphatic hydroxyl groups excluding tert-OH is 1. The third kappa shape index (κ3) is 4.66. The highest BCUT2D eigenvalue weighted by molar-refractivity contribution is 6.51. The van der Waals surface area contributed by atoms with E-state index in [1.807, 2.05) is 31.1 Å². The molecule has 0 aliphatic carbocycles. The van der Waals surface area contributed by atoms with Crippen LogP contribution < -0.4 is 19.3 Å². The molecule has 4 rings (SSSR count). The van der Waals surface area contributed by atoms with E-state index in [2.05, 4.69) is 0 Å². The van der Waals surface area contributed by atoms with Crippen LogP contribution in [0.25, 0.3) is 5.76 Å². The molecule has 0 saturated carbocycles. The van der Waals surface area contributed by atoms with Gasteiger partial charge in [0.25, 0.3) is 11.7 Å². The van der Waals surface area contributed by atoms with Gasteiger partial charge in [-0.2, -0.15) is 0 Å². The number of carbonyl (C=O) groups excluding carboxylic acids is 3. The smallest absolute Gasteiger partial charge is 0.337 e. The lowest BCUT2D eigenvalue weighted by molar-refractivity contribution is -0.132. The molecule has 196 valence electrons. The summed E-state index contributed by atoms with van der Waals surface area (Å²) in [4.78, 5) is 42.4. The minimum absolute atomic E-state index is 0.123. The third-order valence-corrected chi connectivity index (χ3v) is 6.38. The number of hydrogen-bond acceptors (Lipinski definition) is 8. The predicted molar refractivity (Wildman–Crippen MR) is 143 cm³/mol. The van der Waals surface area contributed by atoms with E-state index in [1.165, 1.54) is 38.4 Å². The van der Waals surface area contributed by atoms with Gasteiger partial charge in [-0.15, -0.1) is 0 Å². The number of carbonyl (C=O) groups is 3. The molecule has 3 aromatic carbocycles. The van der Waals surface area contributed by atoms with Gasteiger partial charge in [-0.3, -0.25) is 14.5 Å². The number of benzene rings is 3. The highest BCUT2D eigenvalue weighted by Gasteiger charge is 2.47. The lowest BCUT2D eigenvalue weighted by Gasteiger charge is -2.26. The first-order valence-corrected chi connectivity index (χ1v) is 11.7. The van der Waals surface area contributed by atoms with Crippen LogP contribution >= 0.6 is 0 Å². The molecule has 1 atom stereocenters. The summed E-state index contributed by atoms with van der Waals surface area (Å²) in [6.45, 7) is 0. The Labute approximate surface area is 220 Å². The maximum absolute atomic E-state index is 13.5. The fourth-order valence-electron chi connectivity index (χ4n) is 4.41. The number of amides is 1. The number of esters is 1. The fraction of sp³-hybridized carbons (Fsp3) is 0.207. The molecular weight excluding hydrogens is 488 g/mol. The van der Waals surface area contributed by atoms with Gasteiger partial charge in [0.15, 0.2) is 0 Å². The second-order valence-corrected chi connectivity index (χ2v) is 8.76. The maximum atomic E-state index is 13.5. The van der Waals surface area contributed by atoms with E-state index in [1.54, 1.807) is 42.5 Å². The van der Waals surface area contributed by atoms with Crippen molar-refractivity contribution >= 4 is 34.8 Å². The molecule has 0 aromatic heterocycles. The van der Waals surface area contributed by atoms with Gasteiger partial charge < -0.3 is 24.2 Å². The molecule has 38 heavy (non-hydrogen) atoms. The standard InChI is InChI=1S/C29H28N2O7/c1-30(2)19-11-9-17(10-12-19)25-24(26(32)22-16-21(36-3)13-14-23(22)37-4)27(33)28(34)31(25)20-8-6-7-18(15-20)29(35)38-5/h6-16,25,32H,1-5H3/b26-24+. The van der Waals surface area contributed by atoms with E-state index >= 15 is 0 Å². The van der Waals surface area contributed by atoms with Gasteiger partial charge in [0.05, 0.1) is 44.1 Å². The van der Waals surface area contributed by atoms with Crippen LogP contribution in [0.5, 0.6) is 11.5 Å². The Hall–Kier alpha value is -4.79. The molecule has 1 saturated heterocycles. The summed E-state index contributed by atoms with van der Waals surface area (Å²) in [6, 6.07) is 17.3. The molecule has 0 spiro atoms. The molecular formula is C29H28N2O7. The number of ether oxygens (including phenoxy) is 3.